The molecule has 3 nitrogen and oxygen atoms in total. The summed E-state index contributed by atoms with van der Waals surface area (Å²) in [7, 11) is 0. The minimum absolute atomic E-state index is 0.692. The van der Waals surface area contributed by atoms with Crippen LogP contribution in [0.5, 0.6) is 0 Å². The van der Waals surface area contributed by atoms with Crippen molar-refractivity contribution in [3.05, 3.63) is 52.5 Å². The molecule has 2 aromatic carbocycles. The second-order valence-electron chi connectivity index (χ2n) is 4.60. The summed E-state index contributed by atoms with van der Waals surface area (Å²) in [5.74, 6) is 0. The number of thiazole rings is 1. The number of nitrogens with zero attached hydrogens (tertiary/aromatic N) is 2. The van der Waals surface area contributed by atoms with Gasteiger partial charge >= 0.3 is 0 Å². The molecule has 0 bridgehead atoms. The zero-order chi connectivity index (χ0) is 14.1. The third-order valence-corrected chi connectivity index (χ3v) is 4.30. The minimum atomic E-state index is 0.692. The zero-order valence-corrected chi connectivity index (χ0v) is 12.1. The molecule has 98 valence electrons. The van der Waals surface area contributed by atoms with Crippen LogP contribution in [-0.4, -0.2) is 4.98 Å². The van der Waals surface area contributed by atoms with Crippen molar-refractivity contribution in [2.24, 2.45) is 0 Å². The van der Waals surface area contributed by atoms with Crippen LogP contribution >= 0.6 is 11.3 Å². The fraction of sp³-hybridized carbons (Fsp3) is 0.125. The second kappa shape index (κ2) is 4.95. The van der Waals surface area contributed by atoms with Crippen molar-refractivity contribution >= 4 is 32.9 Å². The standard InChI is InChI=1S/C16H13N3S/c1-10-11(2)20-16(18-10)19-15-8-7-12(9-17)13-5-3-4-6-14(13)15/h3-8H,1-2H3,(H,18,19). The molecule has 0 saturated carbocycles. The van der Waals surface area contributed by atoms with Crippen molar-refractivity contribution in [1.82, 2.24) is 4.98 Å². The van der Waals surface area contributed by atoms with E-state index < -0.39 is 0 Å². The predicted molar refractivity (Wildman–Crippen MR) is 83.5 cm³/mol. The van der Waals surface area contributed by atoms with Crippen molar-refractivity contribution < 1.29 is 0 Å². The van der Waals surface area contributed by atoms with E-state index in [0.717, 1.165) is 27.3 Å². The lowest BCUT2D eigenvalue weighted by atomic mass is 10.0. The van der Waals surface area contributed by atoms with Crippen LogP contribution in [0.25, 0.3) is 10.8 Å². The quantitative estimate of drug-likeness (QED) is 0.749. The Morgan fingerprint density at radius 2 is 1.85 bits per heavy atom. The molecule has 0 radical (unpaired) electrons. The highest BCUT2D eigenvalue weighted by Crippen LogP contribution is 2.31. The fourth-order valence-electron chi connectivity index (χ4n) is 2.15. The Morgan fingerprint density at radius 1 is 1.10 bits per heavy atom. The smallest absolute Gasteiger partial charge is 0.187 e. The summed E-state index contributed by atoms with van der Waals surface area (Å²) >= 11 is 1.64. The molecule has 0 unspecified atom stereocenters. The minimum Gasteiger partial charge on any atom is -0.331 e. The Hall–Kier alpha value is -2.38. The molecule has 3 rings (SSSR count). The lowest BCUT2D eigenvalue weighted by Gasteiger charge is -2.08. The topological polar surface area (TPSA) is 48.7 Å². The SMILES string of the molecule is Cc1nc(Nc2ccc(C#N)c3ccccc23)sc1C. The maximum Gasteiger partial charge on any atom is 0.187 e. The number of aromatic nitrogens is 1. The van der Waals surface area contributed by atoms with Gasteiger partial charge in [-0.05, 0) is 26.0 Å². The van der Waals surface area contributed by atoms with E-state index in [0.29, 0.717) is 5.56 Å². The Bertz CT molecular complexity index is 808. The van der Waals surface area contributed by atoms with Gasteiger partial charge in [0.25, 0.3) is 0 Å². The van der Waals surface area contributed by atoms with Gasteiger partial charge < -0.3 is 5.32 Å². The van der Waals surface area contributed by atoms with Crippen LogP contribution in [0.15, 0.2) is 36.4 Å². The van der Waals surface area contributed by atoms with Crippen LogP contribution in [0.1, 0.15) is 16.1 Å². The Morgan fingerprint density at radius 3 is 2.50 bits per heavy atom. The van der Waals surface area contributed by atoms with Crippen LogP contribution in [0.3, 0.4) is 0 Å². The van der Waals surface area contributed by atoms with Crippen LogP contribution in [-0.2, 0) is 0 Å². The van der Waals surface area contributed by atoms with Crippen molar-refractivity contribution in [3.63, 3.8) is 0 Å². The van der Waals surface area contributed by atoms with Gasteiger partial charge in [0.05, 0.1) is 17.3 Å². The van der Waals surface area contributed by atoms with Crippen molar-refractivity contribution in [1.29, 1.82) is 5.26 Å². The number of anilines is 2. The number of nitrogens with one attached hydrogen (secondary N) is 1. The van der Waals surface area contributed by atoms with Crippen LogP contribution in [0, 0.1) is 25.2 Å². The molecule has 0 aliphatic rings. The van der Waals surface area contributed by atoms with Gasteiger partial charge in [-0.25, -0.2) is 4.98 Å². The first kappa shape index (κ1) is 12.6. The molecule has 1 aromatic heterocycles. The first-order valence-corrected chi connectivity index (χ1v) is 7.13. The van der Waals surface area contributed by atoms with Gasteiger partial charge in [0.1, 0.15) is 0 Å². The van der Waals surface area contributed by atoms with Crippen molar-refractivity contribution in [2.45, 2.75) is 13.8 Å². The lowest BCUT2D eigenvalue weighted by Crippen LogP contribution is -1.92. The van der Waals surface area contributed by atoms with Crippen molar-refractivity contribution in [3.8, 4) is 6.07 Å². The molecule has 1 N–H and O–H groups in total. The molecule has 0 fully saturated rings. The van der Waals surface area contributed by atoms with E-state index >= 15 is 0 Å². The molecular weight excluding hydrogens is 266 g/mol. The summed E-state index contributed by atoms with van der Waals surface area (Å²) < 4.78 is 0. The Labute approximate surface area is 121 Å². The number of benzene rings is 2. The summed E-state index contributed by atoms with van der Waals surface area (Å²) in [6, 6.07) is 13.9. The number of aryl methyl sites for hydroxylation is 2. The average molecular weight is 279 g/mol. The van der Waals surface area contributed by atoms with Gasteiger partial charge in [-0.2, -0.15) is 5.26 Å². The molecule has 3 aromatic rings. The van der Waals surface area contributed by atoms with Crippen molar-refractivity contribution in [2.75, 3.05) is 5.32 Å². The molecule has 0 atom stereocenters. The molecule has 0 aliphatic heterocycles. The van der Waals surface area contributed by atoms with Gasteiger partial charge in [0, 0.05) is 21.3 Å². The molecule has 4 heteroatoms. The summed E-state index contributed by atoms with van der Waals surface area (Å²) in [6.45, 7) is 4.07. The third kappa shape index (κ3) is 2.13. The van der Waals surface area contributed by atoms with Gasteiger partial charge in [-0.1, -0.05) is 24.3 Å². The van der Waals surface area contributed by atoms with Gasteiger partial charge in [0.15, 0.2) is 5.13 Å². The zero-order valence-electron chi connectivity index (χ0n) is 11.3. The highest BCUT2D eigenvalue weighted by molar-refractivity contribution is 7.15. The molecule has 0 saturated heterocycles. The third-order valence-electron chi connectivity index (χ3n) is 3.31. The molecular formula is C16H13N3S. The van der Waals surface area contributed by atoms with E-state index in [2.05, 4.69) is 23.3 Å². The first-order chi connectivity index (χ1) is 9.69. The largest absolute Gasteiger partial charge is 0.331 e. The Kier molecular flexibility index (Phi) is 3.13. The van der Waals surface area contributed by atoms with Crippen LogP contribution in [0.4, 0.5) is 10.8 Å². The number of rotatable bonds is 2. The highest BCUT2D eigenvalue weighted by atomic mass is 32.1. The summed E-state index contributed by atoms with van der Waals surface area (Å²) in [4.78, 5) is 5.71. The number of hydrogen-bond donors (Lipinski definition) is 1. The summed E-state index contributed by atoms with van der Waals surface area (Å²) in [6.07, 6.45) is 0. The molecule has 0 aliphatic carbocycles. The van der Waals surface area contributed by atoms with E-state index in [1.807, 2.05) is 43.3 Å². The van der Waals surface area contributed by atoms with E-state index in [9.17, 15) is 5.26 Å². The number of hydrogen-bond acceptors (Lipinski definition) is 4. The number of fused-ring (bicyclic) bond motifs is 1. The molecule has 20 heavy (non-hydrogen) atoms. The van der Waals surface area contributed by atoms with E-state index in [1.54, 1.807) is 11.3 Å². The Balaban J connectivity index is 2.11. The number of nitriles is 1. The first-order valence-electron chi connectivity index (χ1n) is 6.32. The van der Waals surface area contributed by atoms with Gasteiger partial charge in [-0.15, -0.1) is 11.3 Å². The van der Waals surface area contributed by atoms with Crippen LogP contribution in [0.2, 0.25) is 0 Å². The fourth-order valence-corrected chi connectivity index (χ4v) is 2.97. The summed E-state index contributed by atoms with van der Waals surface area (Å²) in [5.41, 5.74) is 2.72. The second-order valence-corrected chi connectivity index (χ2v) is 5.81. The molecule has 1 heterocycles. The maximum absolute atomic E-state index is 9.18. The summed E-state index contributed by atoms with van der Waals surface area (Å²) in [5, 5.41) is 15.4. The van der Waals surface area contributed by atoms with Crippen LogP contribution < -0.4 is 5.32 Å². The highest BCUT2D eigenvalue weighted by Gasteiger charge is 2.08. The normalized spacial score (nSPS) is 10.4. The van der Waals surface area contributed by atoms with Gasteiger partial charge in [-0.3, -0.25) is 0 Å². The predicted octanol–water partition coefficient (Wildman–Crippen LogP) is 4.53. The van der Waals surface area contributed by atoms with E-state index in [1.165, 1.54) is 4.88 Å². The van der Waals surface area contributed by atoms with E-state index in [4.69, 9.17) is 0 Å². The lowest BCUT2D eigenvalue weighted by molar-refractivity contribution is 1.23. The van der Waals surface area contributed by atoms with E-state index in [-0.39, 0.29) is 0 Å². The monoisotopic (exact) mass is 279 g/mol. The average Bonchev–Trinajstić information content (AvgIpc) is 2.78. The molecule has 0 amide bonds. The maximum atomic E-state index is 9.18. The van der Waals surface area contributed by atoms with Gasteiger partial charge in [0.2, 0.25) is 0 Å². The molecule has 0 spiro atoms.